The molecule has 206 valence electrons. The van der Waals surface area contributed by atoms with Gasteiger partial charge in [0.1, 0.15) is 18.8 Å². The van der Waals surface area contributed by atoms with Crippen LogP contribution in [-0.2, 0) is 14.3 Å². The van der Waals surface area contributed by atoms with E-state index in [0.717, 1.165) is 18.7 Å². The van der Waals surface area contributed by atoms with E-state index in [4.69, 9.17) is 25.8 Å². The maximum atomic E-state index is 13.2. The quantitative estimate of drug-likeness (QED) is 0.307. The lowest BCUT2D eigenvalue weighted by Crippen LogP contribution is -2.47. The smallest absolute Gasteiger partial charge is 0.204 e. The van der Waals surface area contributed by atoms with Crippen molar-refractivity contribution in [2.24, 2.45) is 0 Å². The van der Waals surface area contributed by atoms with E-state index >= 15 is 0 Å². The number of benzene rings is 2. The monoisotopic (exact) mass is 561 g/mol. The van der Waals surface area contributed by atoms with Crippen LogP contribution in [0.2, 0.25) is 5.02 Å². The van der Waals surface area contributed by atoms with E-state index in [9.17, 15) is 9.59 Å². The number of carbonyl (C=O) groups is 2. The van der Waals surface area contributed by atoms with Gasteiger partial charge in [0.15, 0.2) is 11.5 Å². The van der Waals surface area contributed by atoms with Gasteiger partial charge in [-0.1, -0.05) is 11.6 Å². The molecule has 1 aromatic heterocycles. The molecule has 1 aliphatic carbocycles. The first-order chi connectivity index (χ1) is 19.4. The molecule has 0 saturated carbocycles. The molecule has 2 atom stereocenters. The third-order valence-corrected chi connectivity index (χ3v) is 7.74. The SMILES string of the molecule is COCCOc1cc2ncnc(NC3=CC(=O)C(N4C[C@H]5C[C@@H]4CN5c4ccc(Cl)cc4)=CC3=O)c2cc1OC. The molecule has 0 unspecified atom stereocenters. The number of likely N-dealkylation sites (tertiary alicyclic amines) is 1. The number of nitrogens with one attached hydrogen (secondary N) is 1. The zero-order chi connectivity index (χ0) is 27.8. The van der Waals surface area contributed by atoms with E-state index in [1.807, 2.05) is 24.3 Å². The average Bonchev–Trinajstić information content (AvgIpc) is 3.56. The van der Waals surface area contributed by atoms with Crippen LogP contribution in [0.15, 0.2) is 66.3 Å². The Morgan fingerprint density at radius 3 is 2.45 bits per heavy atom. The van der Waals surface area contributed by atoms with Crippen molar-refractivity contribution < 1.29 is 23.8 Å². The van der Waals surface area contributed by atoms with Gasteiger partial charge >= 0.3 is 0 Å². The molecule has 2 aromatic carbocycles. The number of hydrogen-bond donors (Lipinski definition) is 1. The number of hydrogen-bond acceptors (Lipinski definition) is 10. The van der Waals surface area contributed by atoms with Crippen molar-refractivity contribution in [3.63, 3.8) is 0 Å². The molecule has 10 nitrogen and oxygen atoms in total. The average molecular weight is 562 g/mol. The fourth-order valence-electron chi connectivity index (χ4n) is 5.58. The van der Waals surface area contributed by atoms with Crippen LogP contribution in [0.4, 0.5) is 11.5 Å². The molecule has 0 amide bonds. The molecule has 0 radical (unpaired) electrons. The van der Waals surface area contributed by atoms with Gasteiger partial charge in [-0.3, -0.25) is 9.59 Å². The molecule has 6 rings (SSSR count). The number of nitrogens with zero attached hydrogens (tertiary/aromatic N) is 4. The largest absolute Gasteiger partial charge is 0.493 e. The lowest BCUT2D eigenvalue weighted by molar-refractivity contribution is -0.116. The number of allylic oxidation sites excluding steroid dienone is 2. The second-order valence-electron chi connectivity index (χ2n) is 9.85. The van der Waals surface area contributed by atoms with Gasteiger partial charge in [-0.05, 0) is 36.8 Å². The molecule has 0 spiro atoms. The maximum Gasteiger partial charge on any atom is 0.204 e. The van der Waals surface area contributed by atoms with Crippen LogP contribution in [0.3, 0.4) is 0 Å². The predicted molar refractivity (Wildman–Crippen MR) is 151 cm³/mol. The Balaban J connectivity index is 1.18. The molecule has 2 saturated heterocycles. The number of ether oxygens (including phenoxy) is 3. The van der Waals surface area contributed by atoms with Gasteiger partial charge in [0.05, 0.1) is 30.6 Å². The number of aromatic nitrogens is 2. The lowest BCUT2D eigenvalue weighted by atomic mass is 10.0. The zero-order valence-electron chi connectivity index (χ0n) is 22.1. The molecule has 2 aliphatic heterocycles. The van der Waals surface area contributed by atoms with Crippen molar-refractivity contribution in [1.82, 2.24) is 14.9 Å². The van der Waals surface area contributed by atoms with Gasteiger partial charge in [-0.2, -0.15) is 0 Å². The van der Waals surface area contributed by atoms with Crippen LogP contribution in [0.25, 0.3) is 10.9 Å². The highest BCUT2D eigenvalue weighted by atomic mass is 35.5. The van der Waals surface area contributed by atoms with Crippen molar-refractivity contribution in [2.75, 3.05) is 50.7 Å². The van der Waals surface area contributed by atoms with Crippen molar-refractivity contribution in [3.05, 3.63) is 71.3 Å². The molecule has 2 bridgehead atoms. The fraction of sp³-hybridized carbons (Fsp3) is 0.310. The normalized spacial score (nSPS) is 20.2. The minimum absolute atomic E-state index is 0.153. The minimum atomic E-state index is -0.287. The van der Waals surface area contributed by atoms with E-state index in [2.05, 4.69) is 25.1 Å². The predicted octanol–water partition coefficient (Wildman–Crippen LogP) is 3.61. The summed E-state index contributed by atoms with van der Waals surface area (Å²) in [5.41, 5.74) is 2.30. The van der Waals surface area contributed by atoms with E-state index in [1.54, 1.807) is 26.4 Å². The molecule has 3 aromatic rings. The van der Waals surface area contributed by atoms with E-state index in [1.165, 1.54) is 18.5 Å². The second-order valence-corrected chi connectivity index (χ2v) is 10.3. The van der Waals surface area contributed by atoms with Gasteiger partial charge in [0.2, 0.25) is 11.6 Å². The zero-order valence-corrected chi connectivity index (χ0v) is 22.9. The van der Waals surface area contributed by atoms with Crippen molar-refractivity contribution >= 4 is 45.6 Å². The Kier molecular flexibility index (Phi) is 7.03. The van der Waals surface area contributed by atoms with Crippen LogP contribution in [0.1, 0.15) is 6.42 Å². The Labute approximate surface area is 236 Å². The summed E-state index contributed by atoms with van der Waals surface area (Å²) in [6, 6.07) is 11.7. The van der Waals surface area contributed by atoms with Crippen molar-refractivity contribution in [1.29, 1.82) is 0 Å². The van der Waals surface area contributed by atoms with Crippen LogP contribution in [0, 0.1) is 0 Å². The Bertz CT molecular complexity index is 1540. The highest BCUT2D eigenvalue weighted by molar-refractivity contribution is 6.30. The summed E-state index contributed by atoms with van der Waals surface area (Å²) in [6.07, 6.45) is 5.11. The number of rotatable bonds is 9. The summed E-state index contributed by atoms with van der Waals surface area (Å²) >= 11 is 6.05. The lowest BCUT2D eigenvalue weighted by Gasteiger charge is -2.37. The number of anilines is 2. The number of fused-ring (bicyclic) bond motifs is 3. The molecular formula is C29H28ClN5O5. The molecule has 40 heavy (non-hydrogen) atoms. The summed E-state index contributed by atoms with van der Waals surface area (Å²) in [5, 5.41) is 4.37. The number of carbonyl (C=O) groups excluding carboxylic acids is 2. The third kappa shape index (κ3) is 4.84. The van der Waals surface area contributed by atoms with Gasteiger partial charge < -0.3 is 29.3 Å². The highest BCUT2D eigenvalue weighted by Gasteiger charge is 2.45. The topological polar surface area (TPSA) is 106 Å². The second kappa shape index (κ2) is 10.8. The van der Waals surface area contributed by atoms with Crippen LogP contribution >= 0.6 is 11.6 Å². The van der Waals surface area contributed by atoms with Crippen LogP contribution < -0.4 is 19.7 Å². The first-order valence-corrected chi connectivity index (χ1v) is 13.4. The number of piperazine rings is 1. The standard InChI is InChI=1S/C29H28ClN5O5/c1-38-7-8-40-28-12-22-21(10-27(28)39-2)29(32-16-31-22)33-23-11-26(37)24(13-25(23)36)35-15-19-9-20(35)14-34(19)18-5-3-17(30)4-6-18/h3-6,10-13,16,19-20H,7-9,14-15H2,1-2H3,(H,31,32,33)/t19-,20-/m1/s1. The summed E-state index contributed by atoms with van der Waals surface area (Å²) in [5.74, 6) is 0.889. The minimum Gasteiger partial charge on any atom is -0.493 e. The molecule has 3 heterocycles. The molecule has 2 fully saturated rings. The van der Waals surface area contributed by atoms with Crippen LogP contribution in [-0.4, -0.2) is 79.0 Å². The van der Waals surface area contributed by atoms with E-state index in [0.29, 0.717) is 58.7 Å². The fourth-order valence-corrected chi connectivity index (χ4v) is 5.71. The summed E-state index contributed by atoms with van der Waals surface area (Å²) in [7, 11) is 3.14. The number of methoxy groups -OCH3 is 2. The molecule has 1 N–H and O–H groups in total. The van der Waals surface area contributed by atoms with Crippen LogP contribution in [0.5, 0.6) is 11.5 Å². The van der Waals surface area contributed by atoms with Gasteiger partial charge in [0.25, 0.3) is 0 Å². The third-order valence-electron chi connectivity index (χ3n) is 7.49. The van der Waals surface area contributed by atoms with Crippen molar-refractivity contribution in [3.8, 4) is 11.5 Å². The van der Waals surface area contributed by atoms with E-state index < -0.39 is 0 Å². The number of ketones is 2. The molecule has 3 aliphatic rings. The molecular weight excluding hydrogens is 534 g/mol. The Morgan fingerprint density at radius 2 is 1.73 bits per heavy atom. The summed E-state index contributed by atoms with van der Waals surface area (Å²) in [4.78, 5) is 39.5. The molecule has 11 heteroatoms. The van der Waals surface area contributed by atoms with Gasteiger partial charge in [-0.25, -0.2) is 9.97 Å². The van der Waals surface area contributed by atoms with E-state index in [-0.39, 0.29) is 29.3 Å². The first-order valence-electron chi connectivity index (χ1n) is 13.0. The Morgan fingerprint density at radius 1 is 0.950 bits per heavy atom. The maximum absolute atomic E-state index is 13.2. The summed E-state index contributed by atoms with van der Waals surface area (Å²) in [6.45, 7) is 2.24. The Hall–Kier alpha value is -4.15. The van der Waals surface area contributed by atoms with Gasteiger partial charge in [0, 0.05) is 66.6 Å². The summed E-state index contributed by atoms with van der Waals surface area (Å²) < 4.78 is 16.3. The number of halogens is 1. The highest BCUT2D eigenvalue weighted by Crippen LogP contribution is 2.38. The van der Waals surface area contributed by atoms with Gasteiger partial charge in [-0.15, -0.1) is 0 Å². The van der Waals surface area contributed by atoms with Crippen molar-refractivity contribution in [2.45, 2.75) is 18.5 Å². The first kappa shape index (κ1) is 26.1.